The molecule has 1 aliphatic rings. The molecular weight excluding hydrogens is 416 g/mol. The van der Waals surface area contributed by atoms with Crippen LogP contribution in [0.25, 0.3) is 0 Å². The van der Waals surface area contributed by atoms with E-state index in [1.165, 1.54) is 36.4 Å². The maximum absolute atomic E-state index is 13.2. The van der Waals surface area contributed by atoms with Crippen molar-refractivity contribution in [1.29, 1.82) is 0 Å². The Balaban J connectivity index is 1.55. The third-order valence-electron chi connectivity index (χ3n) is 5.44. The first-order valence-corrected chi connectivity index (χ1v) is 9.92. The standard InChI is InChI=1S/C22H24F4N2O3/c23-16-5-3-15(4-6-16)12-21(11-1-2-19(21)29)13-27-20(30)28-17-7-9-18(10-8-17)31-14-22(24,25)26/h3-10,19,29H,1-2,11-14H2,(H2,27,28,30). The zero-order valence-electron chi connectivity index (χ0n) is 16.7. The minimum absolute atomic E-state index is 0.0376. The summed E-state index contributed by atoms with van der Waals surface area (Å²) >= 11 is 0. The summed E-state index contributed by atoms with van der Waals surface area (Å²) in [7, 11) is 0. The smallest absolute Gasteiger partial charge is 0.422 e. The Kier molecular flexibility index (Phi) is 7.04. The van der Waals surface area contributed by atoms with Gasteiger partial charge < -0.3 is 20.5 Å². The van der Waals surface area contributed by atoms with E-state index in [2.05, 4.69) is 15.4 Å². The van der Waals surface area contributed by atoms with Crippen molar-refractivity contribution in [3.63, 3.8) is 0 Å². The Hall–Kier alpha value is -2.81. The lowest BCUT2D eigenvalue weighted by atomic mass is 9.78. The fourth-order valence-electron chi connectivity index (χ4n) is 3.84. The molecule has 1 aliphatic carbocycles. The summed E-state index contributed by atoms with van der Waals surface area (Å²) in [5.74, 6) is -0.298. The number of urea groups is 1. The number of benzene rings is 2. The van der Waals surface area contributed by atoms with Gasteiger partial charge in [-0.3, -0.25) is 0 Å². The molecule has 2 aromatic carbocycles. The van der Waals surface area contributed by atoms with E-state index in [0.29, 0.717) is 18.5 Å². The zero-order valence-corrected chi connectivity index (χ0v) is 16.7. The first-order valence-electron chi connectivity index (χ1n) is 9.92. The molecule has 0 aromatic heterocycles. The SMILES string of the molecule is O=C(NCC1(Cc2ccc(F)cc2)CCCC1O)Nc1ccc(OCC(F)(F)F)cc1. The van der Waals surface area contributed by atoms with Gasteiger partial charge in [-0.25, -0.2) is 9.18 Å². The van der Waals surface area contributed by atoms with Crippen molar-refractivity contribution in [2.24, 2.45) is 5.41 Å². The van der Waals surface area contributed by atoms with Gasteiger partial charge in [0.2, 0.25) is 0 Å². The van der Waals surface area contributed by atoms with Crippen molar-refractivity contribution in [2.45, 2.75) is 38.0 Å². The van der Waals surface area contributed by atoms with Crippen LogP contribution in [-0.2, 0) is 6.42 Å². The molecule has 3 N–H and O–H groups in total. The Morgan fingerprint density at radius 2 is 1.81 bits per heavy atom. The number of halogens is 4. The van der Waals surface area contributed by atoms with E-state index in [1.54, 1.807) is 12.1 Å². The summed E-state index contributed by atoms with van der Waals surface area (Å²) < 4.78 is 54.4. The number of alkyl halides is 3. The summed E-state index contributed by atoms with van der Waals surface area (Å²) in [6.07, 6.45) is -2.35. The summed E-state index contributed by atoms with van der Waals surface area (Å²) in [6.45, 7) is -1.16. The Morgan fingerprint density at radius 1 is 1.13 bits per heavy atom. The van der Waals surface area contributed by atoms with E-state index in [9.17, 15) is 27.5 Å². The molecular formula is C22H24F4N2O3. The van der Waals surface area contributed by atoms with Gasteiger partial charge in [-0.2, -0.15) is 13.2 Å². The lowest BCUT2D eigenvalue weighted by molar-refractivity contribution is -0.153. The van der Waals surface area contributed by atoms with Crippen LogP contribution in [0.2, 0.25) is 0 Å². The van der Waals surface area contributed by atoms with Crippen LogP contribution in [0.15, 0.2) is 48.5 Å². The first-order chi connectivity index (χ1) is 14.7. The number of hydrogen-bond acceptors (Lipinski definition) is 3. The lowest BCUT2D eigenvalue weighted by Gasteiger charge is -2.33. The third kappa shape index (κ3) is 6.58. The van der Waals surface area contributed by atoms with Crippen LogP contribution in [-0.4, -0.2) is 36.6 Å². The van der Waals surface area contributed by atoms with Gasteiger partial charge in [-0.15, -0.1) is 0 Å². The molecule has 168 valence electrons. The number of carbonyl (C=O) groups is 1. The van der Waals surface area contributed by atoms with Gasteiger partial charge >= 0.3 is 12.2 Å². The van der Waals surface area contributed by atoms with Crippen molar-refractivity contribution in [2.75, 3.05) is 18.5 Å². The summed E-state index contributed by atoms with van der Waals surface area (Å²) in [5, 5.41) is 15.9. The Morgan fingerprint density at radius 3 is 2.39 bits per heavy atom. The minimum Gasteiger partial charge on any atom is -0.484 e. The quantitative estimate of drug-likeness (QED) is 0.549. The largest absolute Gasteiger partial charge is 0.484 e. The van der Waals surface area contributed by atoms with Crippen molar-refractivity contribution >= 4 is 11.7 Å². The molecule has 2 atom stereocenters. The highest BCUT2D eigenvalue weighted by molar-refractivity contribution is 5.89. The van der Waals surface area contributed by atoms with Crippen molar-refractivity contribution in [1.82, 2.24) is 5.32 Å². The molecule has 0 radical (unpaired) electrons. The molecule has 3 rings (SSSR count). The molecule has 2 unspecified atom stereocenters. The molecule has 0 aliphatic heterocycles. The molecule has 0 spiro atoms. The average molecular weight is 440 g/mol. The molecule has 31 heavy (non-hydrogen) atoms. The van der Waals surface area contributed by atoms with Crippen molar-refractivity contribution < 1.29 is 32.2 Å². The molecule has 1 saturated carbocycles. The number of aliphatic hydroxyl groups is 1. The van der Waals surface area contributed by atoms with Crippen LogP contribution in [0.1, 0.15) is 24.8 Å². The normalized spacial score (nSPS) is 21.0. The average Bonchev–Trinajstić information content (AvgIpc) is 3.07. The van der Waals surface area contributed by atoms with E-state index in [1.807, 2.05) is 0 Å². The number of amides is 2. The Bertz CT molecular complexity index is 872. The monoisotopic (exact) mass is 440 g/mol. The van der Waals surface area contributed by atoms with Crippen molar-refractivity contribution in [3.8, 4) is 5.75 Å². The van der Waals surface area contributed by atoms with Gasteiger partial charge in [-0.1, -0.05) is 18.6 Å². The van der Waals surface area contributed by atoms with Crippen LogP contribution in [0.4, 0.5) is 28.0 Å². The topological polar surface area (TPSA) is 70.6 Å². The third-order valence-corrected chi connectivity index (χ3v) is 5.44. The first kappa shape index (κ1) is 22.9. The Labute approximate surface area is 177 Å². The highest BCUT2D eigenvalue weighted by Gasteiger charge is 2.42. The summed E-state index contributed by atoms with van der Waals surface area (Å²) in [6, 6.07) is 11.1. The highest BCUT2D eigenvalue weighted by atomic mass is 19.4. The maximum atomic E-state index is 13.2. The number of carbonyl (C=O) groups excluding carboxylic acids is 1. The molecule has 0 saturated heterocycles. The molecule has 2 aromatic rings. The van der Waals surface area contributed by atoms with Crippen molar-refractivity contribution in [3.05, 3.63) is 59.9 Å². The second-order valence-corrected chi connectivity index (χ2v) is 7.81. The molecule has 0 bridgehead atoms. The molecule has 9 heteroatoms. The fraction of sp³-hybridized carbons (Fsp3) is 0.409. The second-order valence-electron chi connectivity index (χ2n) is 7.81. The van der Waals surface area contributed by atoms with Gasteiger partial charge in [0.15, 0.2) is 6.61 Å². The van der Waals surface area contributed by atoms with Gasteiger partial charge in [0.1, 0.15) is 11.6 Å². The number of anilines is 1. The minimum atomic E-state index is -4.43. The highest BCUT2D eigenvalue weighted by Crippen LogP contribution is 2.41. The second kappa shape index (κ2) is 9.55. The molecule has 2 amide bonds. The number of ether oxygens (including phenoxy) is 1. The van der Waals surface area contributed by atoms with Gasteiger partial charge in [0, 0.05) is 17.6 Å². The number of nitrogens with one attached hydrogen (secondary N) is 2. The number of aliphatic hydroxyl groups excluding tert-OH is 1. The molecule has 5 nitrogen and oxygen atoms in total. The predicted octanol–water partition coefficient (Wildman–Crippen LogP) is 4.66. The van der Waals surface area contributed by atoms with Gasteiger partial charge in [-0.05, 0) is 61.2 Å². The lowest BCUT2D eigenvalue weighted by Crippen LogP contribution is -2.45. The van der Waals surface area contributed by atoms with E-state index in [0.717, 1.165) is 18.4 Å². The molecule has 1 fully saturated rings. The van der Waals surface area contributed by atoms with Crippen LogP contribution < -0.4 is 15.4 Å². The van der Waals surface area contributed by atoms with Crippen LogP contribution >= 0.6 is 0 Å². The van der Waals surface area contributed by atoms with E-state index in [4.69, 9.17) is 0 Å². The van der Waals surface area contributed by atoms with E-state index >= 15 is 0 Å². The summed E-state index contributed by atoms with van der Waals surface area (Å²) in [4.78, 5) is 12.3. The zero-order chi connectivity index (χ0) is 22.5. The molecule has 0 heterocycles. The van der Waals surface area contributed by atoms with Gasteiger partial charge in [0.05, 0.1) is 6.10 Å². The van der Waals surface area contributed by atoms with Crippen LogP contribution in [0.5, 0.6) is 5.75 Å². The van der Waals surface area contributed by atoms with Crippen LogP contribution in [0.3, 0.4) is 0 Å². The maximum Gasteiger partial charge on any atom is 0.422 e. The number of hydrogen-bond donors (Lipinski definition) is 3. The van der Waals surface area contributed by atoms with Gasteiger partial charge in [0.25, 0.3) is 0 Å². The number of rotatable bonds is 7. The predicted molar refractivity (Wildman–Crippen MR) is 107 cm³/mol. The fourth-order valence-corrected chi connectivity index (χ4v) is 3.84. The van der Waals surface area contributed by atoms with Crippen LogP contribution in [0, 0.1) is 11.2 Å². The van der Waals surface area contributed by atoms with E-state index < -0.39 is 30.3 Å². The van der Waals surface area contributed by atoms with E-state index in [-0.39, 0.29) is 18.1 Å². The summed E-state index contributed by atoms with van der Waals surface area (Å²) in [5.41, 5.74) is 0.709.